The van der Waals surface area contributed by atoms with Crippen molar-refractivity contribution in [3.63, 3.8) is 0 Å². The minimum Gasteiger partial charge on any atom is -0.456 e. The quantitative estimate of drug-likeness (QED) is 0.496. The van der Waals surface area contributed by atoms with Gasteiger partial charge < -0.3 is 4.74 Å². The minimum atomic E-state index is -0.612. The van der Waals surface area contributed by atoms with Gasteiger partial charge in [0.25, 0.3) is 0 Å². The van der Waals surface area contributed by atoms with Crippen molar-refractivity contribution >= 4 is 5.97 Å². The zero-order valence-corrected chi connectivity index (χ0v) is 7.58. The summed E-state index contributed by atoms with van der Waals surface area (Å²) in [6.07, 6.45) is 1.04. The first-order valence-corrected chi connectivity index (χ1v) is 4.02. The SMILES string of the molecule is CCOC(=O)C#Cc1ccc(F)cn1. The van der Waals surface area contributed by atoms with Gasteiger partial charge >= 0.3 is 5.97 Å². The van der Waals surface area contributed by atoms with Gasteiger partial charge in [-0.05, 0) is 25.0 Å². The molecule has 0 bridgehead atoms. The molecule has 0 amide bonds. The Morgan fingerprint density at radius 3 is 3.00 bits per heavy atom. The van der Waals surface area contributed by atoms with Gasteiger partial charge in [-0.15, -0.1) is 0 Å². The molecular weight excluding hydrogens is 185 g/mol. The summed E-state index contributed by atoms with van der Waals surface area (Å²) in [4.78, 5) is 14.4. The fourth-order valence-electron chi connectivity index (χ4n) is 0.732. The van der Waals surface area contributed by atoms with E-state index in [4.69, 9.17) is 0 Å². The normalized spacial score (nSPS) is 8.71. The highest BCUT2D eigenvalue weighted by Gasteiger charge is 1.94. The molecule has 0 aliphatic heterocycles. The third kappa shape index (κ3) is 3.23. The zero-order valence-electron chi connectivity index (χ0n) is 7.58. The lowest BCUT2D eigenvalue weighted by Gasteiger charge is -1.91. The molecule has 0 spiro atoms. The number of esters is 1. The molecule has 0 saturated heterocycles. The number of hydrogen-bond donors (Lipinski definition) is 0. The molecule has 1 aromatic heterocycles. The van der Waals surface area contributed by atoms with Crippen LogP contribution in [0.2, 0.25) is 0 Å². The molecule has 3 nitrogen and oxygen atoms in total. The maximum absolute atomic E-state index is 12.4. The number of rotatable bonds is 1. The summed E-state index contributed by atoms with van der Waals surface area (Å²) in [5.74, 6) is 3.63. The molecular formula is C10H8FNO2. The lowest BCUT2D eigenvalue weighted by Crippen LogP contribution is -1.99. The van der Waals surface area contributed by atoms with Gasteiger partial charge in [0, 0.05) is 5.92 Å². The van der Waals surface area contributed by atoms with Crippen LogP contribution in [0.25, 0.3) is 0 Å². The van der Waals surface area contributed by atoms with Crippen LogP contribution in [0.3, 0.4) is 0 Å². The van der Waals surface area contributed by atoms with Crippen LogP contribution >= 0.6 is 0 Å². The molecule has 0 N–H and O–H groups in total. The topological polar surface area (TPSA) is 39.2 Å². The molecule has 4 heteroatoms. The molecule has 1 heterocycles. The van der Waals surface area contributed by atoms with Crippen molar-refractivity contribution in [2.45, 2.75) is 6.92 Å². The number of carbonyl (C=O) groups is 1. The van der Waals surface area contributed by atoms with Gasteiger partial charge in [0.15, 0.2) is 0 Å². The number of hydrogen-bond acceptors (Lipinski definition) is 3. The van der Waals surface area contributed by atoms with Gasteiger partial charge in [-0.25, -0.2) is 14.2 Å². The molecule has 14 heavy (non-hydrogen) atoms. The van der Waals surface area contributed by atoms with E-state index in [1.54, 1.807) is 6.92 Å². The van der Waals surface area contributed by atoms with E-state index >= 15 is 0 Å². The maximum atomic E-state index is 12.4. The van der Waals surface area contributed by atoms with Gasteiger partial charge in [-0.3, -0.25) is 0 Å². The Morgan fingerprint density at radius 1 is 1.64 bits per heavy atom. The molecule has 0 atom stereocenters. The van der Waals surface area contributed by atoms with Crippen molar-refractivity contribution in [3.8, 4) is 11.8 Å². The lowest BCUT2D eigenvalue weighted by atomic mass is 10.3. The summed E-state index contributed by atoms with van der Waals surface area (Å²) in [5.41, 5.74) is 0.333. The van der Waals surface area contributed by atoms with Crippen LogP contribution in [0.4, 0.5) is 4.39 Å². The summed E-state index contributed by atoms with van der Waals surface area (Å²) >= 11 is 0. The molecule has 0 aromatic carbocycles. The minimum absolute atomic E-state index is 0.282. The Kier molecular flexibility index (Phi) is 3.62. The van der Waals surface area contributed by atoms with Crippen LogP contribution < -0.4 is 0 Å². The Bertz CT molecular complexity index is 375. The van der Waals surface area contributed by atoms with E-state index in [-0.39, 0.29) is 6.61 Å². The van der Waals surface area contributed by atoms with Gasteiger partial charge in [0.2, 0.25) is 0 Å². The average molecular weight is 193 g/mol. The van der Waals surface area contributed by atoms with E-state index in [9.17, 15) is 9.18 Å². The Balaban J connectivity index is 2.68. The van der Waals surface area contributed by atoms with Gasteiger partial charge in [0.05, 0.1) is 12.8 Å². The van der Waals surface area contributed by atoms with Crippen LogP contribution in [0, 0.1) is 17.7 Å². The molecule has 0 radical (unpaired) electrons. The zero-order chi connectivity index (χ0) is 10.4. The van der Waals surface area contributed by atoms with E-state index in [0.717, 1.165) is 6.20 Å². The van der Waals surface area contributed by atoms with Gasteiger partial charge in [0.1, 0.15) is 11.5 Å². The number of nitrogens with zero attached hydrogens (tertiary/aromatic N) is 1. The van der Waals surface area contributed by atoms with E-state index in [0.29, 0.717) is 5.69 Å². The highest BCUT2D eigenvalue weighted by molar-refractivity contribution is 5.88. The van der Waals surface area contributed by atoms with Crippen molar-refractivity contribution in [2.24, 2.45) is 0 Å². The molecule has 1 aromatic rings. The van der Waals surface area contributed by atoms with Crippen LogP contribution in [0.1, 0.15) is 12.6 Å². The van der Waals surface area contributed by atoms with Crippen LogP contribution in [0.15, 0.2) is 18.3 Å². The average Bonchev–Trinajstić information content (AvgIpc) is 2.17. The first-order chi connectivity index (χ1) is 6.72. The van der Waals surface area contributed by atoms with Crippen molar-refractivity contribution in [1.82, 2.24) is 4.98 Å². The van der Waals surface area contributed by atoms with Crippen LogP contribution in [0.5, 0.6) is 0 Å². The fraction of sp³-hybridized carbons (Fsp3) is 0.200. The second kappa shape index (κ2) is 4.97. The van der Waals surface area contributed by atoms with Gasteiger partial charge in [-0.1, -0.05) is 0 Å². The summed E-state index contributed by atoms with van der Waals surface area (Å²) < 4.78 is 17.0. The predicted octanol–water partition coefficient (Wildman–Crippen LogP) is 1.14. The molecule has 0 aliphatic carbocycles. The fourth-order valence-corrected chi connectivity index (χ4v) is 0.732. The summed E-state index contributed by atoms with van der Waals surface area (Å²) in [6, 6.07) is 2.61. The summed E-state index contributed by atoms with van der Waals surface area (Å²) in [7, 11) is 0. The number of halogens is 1. The molecule has 0 unspecified atom stereocenters. The first-order valence-electron chi connectivity index (χ1n) is 4.02. The van der Waals surface area contributed by atoms with Crippen molar-refractivity contribution in [1.29, 1.82) is 0 Å². The maximum Gasteiger partial charge on any atom is 0.384 e. The number of aromatic nitrogens is 1. The molecule has 0 aliphatic rings. The van der Waals surface area contributed by atoms with Crippen LogP contribution in [-0.2, 0) is 9.53 Å². The number of carbonyl (C=O) groups excluding carboxylic acids is 1. The molecule has 0 saturated carbocycles. The van der Waals surface area contributed by atoms with E-state index in [2.05, 4.69) is 21.6 Å². The Hall–Kier alpha value is -1.89. The standard InChI is InChI=1S/C10H8FNO2/c1-2-14-10(13)6-5-9-4-3-8(11)7-12-9/h3-4,7H,2H2,1H3. The third-order valence-electron chi connectivity index (χ3n) is 1.30. The lowest BCUT2D eigenvalue weighted by molar-refractivity contribution is -0.136. The number of pyridine rings is 1. The Morgan fingerprint density at radius 2 is 2.43 bits per heavy atom. The van der Waals surface area contributed by atoms with E-state index in [1.807, 2.05) is 0 Å². The second-order valence-electron chi connectivity index (χ2n) is 2.33. The van der Waals surface area contributed by atoms with E-state index < -0.39 is 11.8 Å². The highest BCUT2D eigenvalue weighted by atomic mass is 19.1. The van der Waals surface area contributed by atoms with Crippen molar-refractivity contribution in [2.75, 3.05) is 6.61 Å². The molecule has 1 rings (SSSR count). The molecule has 72 valence electrons. The molecule has 0 fully saturated rings. The monoisotopic (exact) mass is 193 g/mol. The predicted molar refractivity (Wildman–Crippen MR) is 47.7 cm³/mol. The first kappa shape index (κ1) is 10.2. The third-order valence-corrected chi connectivity index (χ3v) is 1.30. The Labute approximate surface area is 80.9 Å². The smallest absolute Gasteiger partial charge is 0.384 e. The summed E-state index contributed by atoms with van der Waals surface area (Å²) in [5, 5.41) is 0. The highest BCUT2D eigenvalue weighted by Crippen LogP contribution is 1.95. The number of ether oxygens (including phenoxy) is 1. The van der Waals surface area contributed by atoms with Gasteiger partial charge in [-0.2, -0.15) is 0 Å². The summed E-state index contributed by atoms with van der Waals surface area (Å²) in [6.45, 7) is 1.97. The largest absolute Gasteiger partial charge is 0.456 e. The van der Waals surface area contributed by atoms with Crippen molar-refractivity contribution in [3.05, 3.63) is 29.8 Å². The second-order valence-corrected chi connectivity index (χ2v) is 2.33. The van der Waals surface area contributed by atoms with E-state index in [1.165, 1.54) is 12.1 Å². The van der Waals surface area contributed by atoms with Crippen molar-refractivity contribution < 1.29 is 13.9 Å². The van der Waals surface area contributed by atoms with Crippen LogP contribution in [-0.4, -0.2) is 17.6 Å².